The molecule has 2 nitrogen and oxygen atoms in total. The van der Waals surface area contributed by atoms with E-state index in [1.54, 1.807) is 0 Å². The van der Waals surface area contributed by atoms with Crippen LogP contribution < -0.4 is 5.32 Å². The van der Waals surface area contributed by atoms with Gasteiger partial charge < -0.3 is 5.32 Å². The SMILES string of the molecule is CCCC(C)C(=O)C(C)CNC. The molecule has 2 heteroatoms. The molecule has 2 unspecified atom stereocenters. The van der Waals surface area contributed by atoms with Crippen molar-refractivity contribution in [2.45, 2.75) is 33.6 Å². The summed E-state index contributed by atoms with van der Waals surface area (Å²) in [5.41, 5.74) is 0. The van der Waals surface area contributed by atoms with Crippen molar-refractivity contribution in [2.75, 3.05) is 13.6 Å². The van der Waals surface area contributed by atoms with Gasteiger partial charge in [0, 0.05) is 18.4 Å². The van der Waals surface area contributed by atoms with Gasteiger partial charge in [-0.15, -0.1) is 0 Å². The first-order valence-corrected chi connectivity index (χ1v) is 4.81. The molecule has 0 aliphatic rings. The van der Waals surface area contributed by atoms with Crippen LogP contribution in [-0.4, -0.2) is 19.4 Å². The van der Waals surface area contributed by atoms with Gasteiger partial charge in [-0.3, -0.25) is 4.79 Å². The number of nitrogens with one attached hydrogen (secondary N) is 1. The lowest BCUT2D eigenvalue weighted by Gasteiger charge is -2.14. The Bertz CT molecular complexity index is 120. The van der Waals surface area contributed by atoms with E-state index in [-0.39, 0.29) is 11.8 Å². The highest BCUT2D eigenvalue weighted by atomic mass is 16.1. The maximum Gasteiger partial charge on any atom is 0.139 e. The van der Waals surface area contributed by atoms with E-state index in [0.29, 0.717) is 5.78 Å². The monoisotopic (exact) mass is 171 g/mol. The lowest BCUT2D eigenvalue weighted by molar-refractivity contribution is -0.125. The van der Waals surface area contributed by atoms with E-state index in [9.17, 15) is 4.79 Å². The van der Waals surface area contributed by atoms with E-state index in [1.165, 1.54) is 0 Å². The summed E-state index contributed by atoms with van der Waals surface area (Å²) in [6.45, 7) is 6.93. The van der Waals surface area contributed by atoms with Gasteiger partial charge in [0.1, 0.15) is 5.78 Å². The Kier molecular flexibility index (Phi) is 5.99. The fraction of sp³-hybridized carbons (Fsp3) is 0.900. The molecule has 0 aliphatic carbocycles. The van der Waals surface area contributed by atoms with Gasteiger partial charge in [-0.05, 0) is 13.5 Å². The molecule has 0 aliphatic heterocycles. The van der Waals surface area contributed by atoms with E-state index in [2.05, 4.69) is 12.2 Å². The van der Waals surface area contributed by atoms with E-state index >= 15 is 0 Å². The molecule has 0 heterocycles. The molecule has 1 N–H and O–H groups in total. The maximum absolute atomic E-state index is 11.6. The van der Waals surface area contributed by atoms with Crippen molar-refractivity contribution in [1.29, 1.82) is 0 Å². The second-order valence-corrected chi connectivity index (χ2v) is 3.55. The van der Waals surface area contributed by atoms with E-state index in [1.807, 2.05) is 20.9 Å². The fourth-order valence-electron chi connectivity index (χ4n) is 1.47. The molecule has 0 aromatic heterocycles. The van der Waals surface area contributed by atoms with Gasteiger partial charge in [0.15, 0.2) is 0 Å². The summed E-state index contributed by atoms with van der Waals surface area (Å²) in [6.07, 6.45) is 2.12. The molecule has 0 aromatic rings. The van der Waals surface area contributed by atoms with Crippen LogP contribution in [0.15, 0.2) is 0 Å². The Morgan fingerprint density at radius 3 is 2.33 bits per heavy atom. The average molecular weight is 171 g/mol. The zero-order valence-corrected chi connectivity index (χ0v) is 8.68. The van der Waals surface area contributed by atoms with Crippen LogP contribution in [0, 0.1) is 11.8 Å². The van der Waals surface area contributed by atoms with Crippen LogP contribution in [0.5, 0.6) is 0 Å². The van der Waals surface area contributed by atoms with Crippen LogP contribution in [0.2, 0.25) is 0 Å². The van der Waals surface area contributed by atoms with Gasteiger partial charge in [0.25, 0.3) is 0 Å². The first-order valence-electron chi connectivity index (χ1n) is 4.81. The minimum atomic E-state index is 0.163. The first kappa shape index (κ1) is 11.6. The van der Waals surface area contributed by atoms with E-state index in [4.69, 9.17) is 0 Å². The Balaban J connectivity index is 3.82. The predicted octanol–water partition coefficient (Wildman–Crippen LogP) is 1.85. The van der Waals surface area contributed by atoms with Crippen LogP contribution in [0.3, 0.4) is 0 Å². The van der Waals surface area contributed by atoms with Crippen LogP contribution in [0.1, 0.15) is 33.6 Å². The van der Waals surface area contributed by atoms with Gasteiger partial charge >= 0.3 is 0 Å². The molecule has 0 saturated carbocycles. The molecule has 0 amide bonds. The highest BCUT2D eigenvalue weighted by molar-refractivity contribution is 5.82. The Morgan fingerprint density at radius 2 is 1.92 bits per heavy atom. The molecule has 0 spiro atoms. The summed E-state index contributed by atoms with van der Waals surface area (Å²) >= 11 is 0. The summed E-state index contributed by atoms with van der Waals surface area (Å²) in [5, 5.41) is 3.02. The van der Waals surface area contributed by atoms with Crippen molar-refractivity contribution < 1.29 is 4.79 Å². The number of Topliss-reactive ketones (excluding diaryl/α,β-unsaturated/α-hetero) is 1. The summed E-state index contributed by atoms with van der Waals surface area (Å²) in [4.78, 5) is 11.6. The minimum Gasteiger partial charge on any atom is -0.319 e. The zero-order valence-electron chi connectivity index (χ0n) is 8.68. The first-order chi connectivity index (χ1) is 5.63. The summed E-state index contributed by atoms with van der Waals surface area (Å²) in [7, 11) is 1.88. The molecule has 0 bridgehead atoms. The van der Waals surface area contributed by atoms with E-state index < -0.39 is 0 Å². The predicted molar refractivity (Wildman–Crippen MR) is 52.2 cm³/mol. The molecule has 2 atom stereocenters. The third-order valence-corrected chi connectivity index (χ3v) is 2.20. The third-order valence-electron chi connectivity index (χ3n) is 2.20. The maximum atomic E-state index is 11.6. The number of hydrogen-bond acceptors (Lipinski definition) is 2. The molecule has 12 heavy (non-hydrogen) atoms. The molecular weight excluding hydrogens is 150 g/mol. The highest BCUT2D eigenvalue weighted by Crippen LogP contribution is 2.11. The normalized spacial score (nSPS) is 15.7. The summed E-state index contributed by atoms with van der Waals surface area (Å²) in [5.74, 6) is 0.793. The Labute approximate surface area is 75.7 Å². The quantitative estimate of drug-likeness (QED) is 0.660. The smallest absolute Gasteiger partial charge is 0.139 e. The number of carbonyl (C=O) groups is 1. The molecule has 72 valence electrons. The van der Waals surface area contributed by atoms with Crippen LogP contribution in [-0.2, 0) is 4.79 Å². The molecule has 0 rings (SSSR count). The number of rotatable bonds is 6. The second-order valence-electron chi connectivity index (χ2n) is 3.55. The Hall–Kier alpha value is -0.370. The van der Waals surface area contributed by atoms with Crippen molar-refractivity contribution in [2.24, 2.45) is 11.8 Å². The number of carbonyl (C=O) groups excluding carboxylic acids is 1. The molecule has 0 aromatic carbocycles. The van der Waals surface area contributed by atoms with Crippen molar-refractivity contribution in [3.05, 3.63) is 0 Å². The molecule has 0 saturated heterocycles. The van der Waals surface area contributed by atoms with Crippen LogP contribution in [0.4, 0.5) is 0 Å². The Morgan fingerprint density at radius 1 is 1.33 bits per heavy atom. The van der Waals surface area contributed by atoms with Crippen molar-refractivity contribution in [1.82, 2.24) is 5.32 Å². The molecule has 0 fully saturated rings. The summed E-state index contributed by atoms with van der Waals surface area (Å²) < 4.78 is 0. The van der Waals surface area contributed by atoms with Gasteiger partial charge in [-0.1, -0.05) is 27.2 Å². The van der Waals surface area contributed by atoms with E-state index in [0.717, 1.165) is 19.4 Å². The summed E-state index contributed by atoms with van der Waals surface area (Å²) in [6, 6.07) is 0. The lowest BCUT2D eigenvalue weighted by Crippen LogP contribution is -2.27. The third kappa shape index (κ3) is 3.86. The number of hydrogen-bond donors (Lipinski definition) is 1. The van der Waals surface area contributed by atoms with Crippen molar-refractivity contribution >= 4 is 5.78 Å². The topological polar surface area (TPSA) is 29.1 Å². The van der Waals surface area contributed by atoms with Gasteiger partial charge in [0.2, 0.25) is 0 Å². The minimum absolute atomic E-state index is 0.163. The number of ketones is 1. The van der Waals surface area contributed by atoms with Crippen LogP contribution in [0.25, 0.3) is 0 Å². The van der Waals surface area contributed by atoms with Crippen molar-refractivity contribution in [3.8, 4) is 0 Å². The highest BCUT2D eigenvalue weighted by Gasteiger charge is 2.17. The zero-order chi connectivity index (χ0) is 9.56. The fourth-order valence-corrected chi connectivity index (χ4v) is 1.47. The average Bonchev–Trinajstić information content (AvgIpc) is 2.04. The second kappa shape index (κ2) is 6.18. The van der Waals surface area contributed by atoms with Crippen LogP contribution >= 0.6 is 0 Å². The largest absolute Gasteiger partial charge is 0.319 e. The van der Waals surface area contributed by atoms with Crippen molar-refractivity contribution in [3.63, 3.8) is 0 Å². The lowest BCUT2D eigenvalue weighted by atomic mass is 9.92. The van der Waals surface area contributed by atoms with Gasteiger partial charge in [-0.2, -0.15) is 0 Å². The molecular formula is C10H21NO. The van der Waals surface area contributed by atoms with Gasteiger partial charge in [-0.25, -0.2) is 0 Å². The standard InChI is InChI=1S/C10H21NO/c1-5-6-8(2)10(12)9(3)7-11-4/h8-9,11H,5-7H2,1-4H3. The molecule has 0 radical (unpaired) electrons. The van der Waals surface area contributed by atoms with Gasteiger partial charge in [0.05, 0.1) is 0 Å².